The lowest BCUT2D eigenvalue weighted by Gasteiger charge is -2.24. The summed E-state index contributed by atoms with van der Waals surface area (Å²) in [6.45, 7) is 6.80. The summed E-state index contributed by atoms with van der Waals surface area (Å²) in [4.78, 5) is 14.0. The van der Waals surface area contributed by atoms with Gasteiger partial charge in [-0.2, -0.15) is 5.10 Å². The first-order valence-corrected chi connectivity index (χ1v) is 6.36. The van der Waals surface area contributed by atoms with Crippen molar-refractivity contribution in [3.8, 4) is 0 Å². The molecule has 102 valence electrons. The van der Waals surface area contributed by atoms with E-state index in [2.05, 4.69) is 29.4 Å². The van der Waals surface area contributed by atoms with Crippen LogP contribution in [-0.2, 0) is 11.3 Å². The fraction of sp³-hybridized carbons (Fsp3) is 0.692. The Morgan fingerprint density at radius 2 is 2.22 bits per heavy atom. The number of carbonyl (C=O) groups is 1. The quantitative estimate of drug-likeness (QED) is 0.802. The molecule has 0 aliphatic carbocycles. The van der Waals surface area contributed by atoms with Gasteiger partial charge in [0, 0.05) is 24.8 Å². The summed E-state index contributed by atoms with van der Waals surface area (Å²) in [5, 5.41) is 9.95. The molecule has 0 unspecified atom stereocenters. The van der Waals surface area contributed by atoms with Crippen LogP contribution in [-0.4, -0.2) is 41.1 Å². The summed E-state index contributed by atoms with van der Waals surface area (Å²) in [5.74, 6) is 0.627. The standard InChI is InChI=1S/C13H24N4O/c1-9(2)6-12(14-4)13(18)17(5)8-11-7-15-16-10(11)3/h7,9,12,14H,6,8H2,1-5H3,(H,15,16)/t12-/m0/s1. The van der Waals surface area contributed by atoms with E-state index in [0.717, 1.165) is 17.7 Å². The van der Waals surface area contributed by atoms with Crippen molar-refractivity contribution in [1.82, 2.24) is 20.4 Å². The zero-order valence-electron chi connectivity index (χ0n) is 11.9. The number of hydrogen-bond donors (Lipinski definition) is 2. The third kappa shape index (κ3) is 3.84. The number of likely N-dealkylation sites (N-methyl/N-ethyl adjacent to an activating group) is 2. The molecule has 2 N–H and O–H groups in total. The molecule has 1 heterocycles. The first kappa shape index (κ1) is 14.7. The second-order valence-corrected chi connectivity index (χ2v) is 5.19. The molecule has 1 aromatic heterocycles. The molecule has 0 radical (unpaired) electrons. The van der Waals surface area contributed by atoms with E-state index in [1.807, 2.05) is 21.0 Å². The highest BCUT2D eigenvalue weighted by Crippen LogP contribution is 2.10. The molecule has 0 saturated carbocycles. The van der Waals surface area contributed by atoms with Crippen LogP contribution in [0.1, 0.15) is 31.5 Å². The highest BCUT2D eigenvalue weighted by molar-refractivity contribution is 5.81. The van der Waals surface area contributed by atoms with Crippen LogP contribution in [0.3, 0.4) is 0 Å². The van der Waals surface area contributed by atoms with Crippen LogP contribution in [0.15, 0.2) is 6.20 Å². The Morgan fingerprint density at radius 1 is 1.56 bits per heavy atom. The number of nitrogens with zero attached hydrogens (tertiary/aromatic N) is 2. The summed E-state index contributed by atoms with van der Waals surface area (Å²) in [6.07, 6.45) is 2.62. The summed E-state index contributed by atoms with van der Waals surface area (Å²) in [6, 6.07) is -0.109. The Bertz CT molecular complexity index is 386. The van der Waals surface area contributed by atoms with Crippen molar-refractivity contribution in [2.75, 3.05) is 14.1 Å². The molecule has 18 heavy (non-hydrogen) atoms. The normalized spacial score (nSPS) is 12.8. The van der Waals surface area contributed by atoms with E-state index >= 15 is 0 Å². The molecule has 1 aromatic rings. The summed E-state index contributed by atoms with van der Waals surface area (Å²) >= 11 is 0. The van der Waals surface area contributed by atoms with E-state index in [4.69, 9.17) is 0 Å². The van der Waals surface area contributed by atoms with E-state index < -0.39 is 0 Å². The average molecular weight is 252 g/mol. The van der Waals surface area contributed by atoms with Gasteiger partial charge in [-0.05, 0) is 26.3 Å². The van der Waals surface area contributed by atoms with Crippen LogP contribution in [0, 0.1) is 12.8 Å². The molecule has 1 amide bonds. The molecule has 0 spiro atoms. The fourth-order valence-corrected chi connectivity index (χ4v) is 1.95. The number of H-pyrrole nitrogens is 1. The number of aromatic amines is 1. The molecule has 5 heteroatoms. The molecule has 0 saturated heterocycles. The zero-order valence-corrected chi connectivity index (χ0v) is 11.9. The van der Waals surface area contributed by atoms with Crippen molar-refractivity contribution in [2.24, 2.45) is 5.92 Å². The lowest BCUT2D eigenvalue weighted by molar-refractivity contribution is -0.133. The third-order valence-electron chi connectivity index (χ3n) is 3.07. The molecule has 0 bridgehead atoms. The van der Waals surface area contributed by atoms with Crippen molar-refractivity contribution in [3.63, 3.8) is 0 Å². The van der Waals surface area contributed by atoms with E-state index in [1.54, 1.807) is 11.1 Å². The van der Waals surface area contributed by atoms with Crippen molar-refractivity contribution >= 4 is 5.91 Å². The Balaban J connectivity index is 2.62. The molecular formula is C13H24N4O. The first-order chi connectivity index (χ1) is 8.45. The minimum atomic E-state index is -0.109. The van der Waals surface area contributed by atoms with Gasteiger partial charge < -0.3 is 10.2 Å². The average Bonchev–Trinajstić information content (AvgIpc) is 2.70. The van der Waals surface area contributed by atoms with Crippen LogP contribution in [0.5, 0.6) is 0 Å². The molecule has 1 atom stereocenters. The summed E-state index contributed by atoms with van der Waals surface area (Å²) in [5.41, 5.74) is 2.07. The van der Waals surface area contributed by atoms with Crippen molar-refractivity contribution in [2.45, 2.75) is 39.8 Å². The number of rotatable bonds is 6. The lowest BCUT2D eigenvalue weighted by Crippen LogP contribution is -2.44. The van der Waals surface area contributed by atoms with E-state index in [9.17, 15) is 4.79 Å². The molecule has 5 nitrogen and oxygen atoms in total. The fourth-order valence-electron chi connectivity index (χ4n) is 1.95. The van der Waals surface area contributed by atoms with Gasteiger partial charge in [0.1, 0.15) is 0 Å². The van der Waals surface area contributed by atoms with Gasteiger partial charge in [-0.25, -0.2) is 0 Å². The first-order valence-electron chi connectivity index (χ1n) is 6.36. The number of amides is 1. The predicted molar refractivity (Wildman–Crippen MR) is 72.1 cm³/mol. The van der Waals surface area contributed by atoms with Crippen LogP contribution in [0.2, 0.25) is 0 Å². The number of hydrogen-bond acceptors (Lipinski definition) is 3. The highest BCUT2D eigenvalue weighted by Gasteiger charge is 2.21. The smallest absolute Gasteiger partial charge is 0.239 e. The monoisotopic (exact) mass is 252 g/mol. The Kier molecular flexibility index (Phi) is 5.34. The minimum Gasteiger partial charge on any atom is -0.340 e. The van der Waals surface area contributed by atoms with Crippen LogP contribution in [0.4, 0.5) is 0 Å². The van der Waals surface area contributed by atoms with Crippen LogP contribution < -0.4 is 5.32 Å². The molecule has 0 aliphatic rings. The molecular weight excluding hydrogens is 228 g/mol. The second kappa shape index (κ2) is 6.54. The SMILES string of the molecule is CN[C@@H](CC(C)C)C(=O)N(C)Cc1cn[nH]c1C. The number of aryl methyl sites for hydroxylation is 1. The highest BCUT2D eigenvalue weighted by atomic mass is 16.2. The Labute approximate surface area is 109 Å². The maximum absolute atomic E-state index is 12.3. The topological polar surface area (TPSA) is 61.0 Å². The molecule has 0 fully saturated rings. The summed E-state index contributed by atoms with van der Waals surface area (Å²) < 4.78 is 0. The van der Waals surface area contributed by atoms with Gasteiger partial charge in [0.05, 0.1) is 12.2 Å². The molecule has 1 rings (SSSR count). The van der Waals surface area contributed by atoms with E-state index in [-0.39, 0.29) is 11.9 Å². The van der Waals surface area contributed by atoms with Crippen molar-refractivity contribution < 1.29 is 4.79 Å². The van der Waals surface area contributed by atoms with Crippen molar-refractivity contribution in [1.29, 1.82) is 0 Å². The number of aromatic nitrogens is 2. The van der Waals surface area contributed by atoms with Gasteiger partial charge in [0.2, 0.25) is 5.91 Å². The van der Waals surface area contributed by atoms with Gasteiger partial charge in [0.15, 0.2) is 0 Å². The van der Waals surface area contributed by atoms with E-state index in [1.165, 1.54) is 0 Å². The summed E-state index contributed by atoms with van der Waals surface area (Å²) in [7, 11) is 3.67. The van der Waals surface area contributed by atoms with Crippen LogP contribution >= 0.6 is 0 Å². The maximum Gasteiger partial charge on any atom is 0.239 e. The Morgan fingerprint density at radius 3 is 2.67 bits per heavy atom. The minimum absolute atomic E-state index is 0.109. The second-order valence-electron chi connectivity index (χ2n) is 5.19. The lowest BCUT2D eigenvalue weighted by atomic mass is 10.0. The van der Waals surface area contributed by atoms with E-state index in [0.29, 0.717) is 12.5 Å². The predicted octanol–water partition coefficient (Wildman–Crippen LogP) is 1.31. The van der Waals surface area contributed by atoms with Crippen molar-refractivity contribution in [3.05, 3.63) is 17.5 Å². The third-order valence-corrected chi connectivity index (χ3v) is 3.07. The van der Waals surface area contributed by atoms with Gasteiger partial charge in [0.25, 0.3) is 0 Å². The van der Waals surface area contributed by atoms with Crippen LogP contribution in [0.25, 0.3) is 0 Å². The maximum atomic E-state index is 12.3. The zero-order chi connectivity index (χ0) is 13.7. The van der Waals surface area contributed by atoms with Gasteiger partial charge in [-0.3, -0.25) is 9.89 Å². The molecule has 0 aromatic carbocycles. The van der Waals surface area contributed by atoms with Gasteiger partial charge in [-0.1, -0.05) is 13.8 Å². The number of carbonyl (C=O) groups excluding carboxylic acids is 1. The Hall–Kier alpha value is -1.36. The van der Waals surface area contributed by atoms with Gasteiger partial charge in [-0.15, -0.1) is 0 Å². The number of nitrogens with one attached hydrogen (secondary N) is 2. The van der Waals surface area contributed by atoms with Gasteiger partial charge >= 0.3 is 0 Å². The largest absolute Gasteiger partial charge is 0.340 e. The molecule has 0 aliphatic heterocycles.